The maximum atomic E-state index is 12.7. The van der Waals surface area contributed by atoms with Crippen LogP contribution in [0.25, 0.3) is 0 Å². The summed E-state index contributed by atoms with van der Waals surface area (Å²) in [6.07, 6.45) is 1.08. The minimum atomic E-state index is -2.43. The van der Waals surface area contributed by atoms with Gasteiger partial charge in [0.15, 0.2) is 0 Å². The van der Waals surface area contributed by atoms with Crippen molar-refractivity contribution in [3.63, 3.8) is 0 Å². The Morgan fingerprint density at radius 2 is 2.44 bits per heavy atom. The van der Waals surface area contributed by atoms with Gasteiger partial charge in [-0.15, -0.1) is 0 Å². The molecule has 2 unspecified atom stereocenters. The molecule has 2 heterocycles. The minimum Gasteiger partial charge on any atom is -0.464 e. The fourth-order valence-electron chi connectivity index (χ4n) is 2.10. The fourth-order valence-corrected chi connectivity index (χ4v) is 4.06. The summed E-state index contributed by atoms with van der Waals surface area (Å²) in [5, 5.41) is 6.77. The van der Waals surface area contributed by atoms with Crippen LogP contribution in [0.15, 0.2) is 17.8 Å². The Balaban J connectivity index is 2.08. The zero-order valence-electron chi connectivity index (χ0n) is 15.0. The topological polar surface area (TPSA) is 124 Å². The van der Waals surface area contributed by atoms with Crippen molar-refractivity contribution >= 4 is 36.4 Å². The van der Waals surface area contributed by atoms with Crippen LogP contribution < -0.4 is 5.09 Å². The fraction of sp³-hybridized carbons (Fsp3) is 0.571. The lowest BCUT2D eigenvalue weighted by Crippen LogP contribution is -2.43. The van der Waals surface area contributed by atoms with Gasteiger partial charge >= 0.3 is 5.97 Å². The van der Waals surface area contributed by atoms with Crippen LogP contribution in [0.2, 0.25) is 0 Å². The van der Waals surface area contributed by atoms with Crippen LogP contribution in [-0.4, -0.2) is 72.0 Å². The van der Waals surface area contributed by atoms with E-state index in [1.54, 1.807) is 4.67 Å². The van der Waals surface area contributed by atoms with E-state index in [4.69, 9.17) is 14.3 Å². The van der Waals surface area contributed by atoms with E-state index in [2.05, 4.69) is 30.9 Å². The van der Waals surface area contributed by atoms with E-state index in [9.17, 15) is 9.36 Å². The van der Waals surface area contributed by atoms with Gasteiger partial charge in [0.1, 0.15) is 12.8 Å². The van der Waals surface area contributed by atoms with Gasteiger partial charge in [0.05, 0.1) is 20.3 Å². The lowest BCUT2D eigenvalue weighted by molar-refractivity contribution is -0.132. The first-order valence-electron chi connectivity index (χ1n) is 8.10. The van der Waals surface area contributed by atoms with E-state index in [-0.39, 0.29) is 23.3 Å². The summed E-state index contributed by atoms with van der Waals surface area (Å²) in [5.74, 6) is -0.739. The Morgan fingerprint density at radius 1 is 1.63 bits per heavy atom. The molecule has 1 aliphatic heterocycles. The quantitative estimate of drug-likeness (QED) is 0.147. The third kappa shape index (κ3) is 6.08. The van der Waals surface area contributed by atoms with Gasteiger partial charge < -0.3 is 24.1 Å². The highest BCUT2D eigenvalue weighted by molar-refractivity contribution is 7.44. The SMILES string of the molecule is C=CCON=C(C(=O)OC)c1nsc(N[PH](=O)N2CCOCC2OCC)n1. The molecule has 2 atom stereocenters. The lowest BCUT2D eigenvalue weighted by Gasteiger charge is -2.33. The predicted molar refractivity (Wildman–Crippen MR) is 100 cm³/mol. The number of anilines is 1. The Bertz CT molecular complexity index is 697. The van der Waals surface area contributed by atoms with E-state index in [0.717, 1.165) is 11.5 Å². The highest BCUT2D eigenvalue weighted by Gasteiger charge is 2.28. The molecule has 1 N–H and O–H groups in total. The van der Waals surface area contributed by atoms with Crippen LogP contribution in [0.3, 0.4) is 0 Å². The van der Waals surface area contributed by atoms with Crippen molar-refractivity contribution in [3.8, 4) is 0 Å². The first-order chi connectivity index (χ1) is 13.1. The molecule has 0 aromatic carbocycles. The third-order valence-corrected chi connectivity index (χ3v) is 5.58. The molecule has 0 amide bonds. The lowest BCUT2D eigenvalue weighted by atomic mass is 10.4. The Kier molecular flexibility index (Phi) is 8.82. The summed E-state index contributed by atoms with van der Waals surface area (Å²) in [7, 11) is -1.22. The van der Waals surface area contributed by atoms with Crippen molar-refractivity contribution in [3.05, 3.63) is 18.5 Å². The number of oxime groups is 1. The Hall–Kier alpha value is -1.85. The van der Waals surface area contributed by atoms with Gasteiger partial charge in [-0.1, -0.05) is 17.8 Å². The molecule has 0 radical (unpaired) electrons. The average Bonchev–Trinajstić information content (AvgIpc) is 3.13. The van der Waals surface area contributed by atoms with Crippen molar-refractivity contribution in [2.24, 2.45) is 5.16 Å². The molecule has 1 aromatic rings. The largest absolute Gasteiger partial charge is 0.464 e. The average molecular weight is 419 g/mol. The first-order valence-corrected chi connectivity index (χ1v) is 10.2. The number of nitrogens with zero attached hydrogens (tertiary/aromatic N) is 4. The molecule has 0 bridgehead atoms. The number of nitrogens with one attached hydrogen (secondary N) is 1. The number of rotatable bonds is 10. The molecule has 11 nitrogen and oxygen atoms in total. The highest BCUT2D eigenvalue weighted by Crippen LogP contribution is 2.33. The second kappa shape index (κ2) is 11.1. The molecule has 150 valence electrons. The van der Waals surface area contributed by atoms with Crippen LogP contribution in [0.5, 0.6) is 0 Å². The zero-order valence-corrected chi connectivity index (χ0v) is 16.9. The first kappa shape index (κ1) is 21.5. The zero-order chi connectivity index (χ0) is 19.6. The van der Waals surface area contributed by atoms with Crippen molar-refractivity contribution < 1.29 is 28.4 Å². The Labute approximate surface area is 161 Å². The molecule has 13 heteroatoms. The number of carbonyl (C=O) groups excluding carboxylic acids is 1. The molecule has 0 spiro atoms. The van der Waals surface area contributed by atoms with Gasteiger partial charge in [0.2, 0.25) is 24.8 Å². The molecular weight excluding hydrogens is 397 g/mol. The number of hydrogen-bond acceptors (Lipinski definition) is 10. The molecule has 1 aliphatic rings. The summed E-state index contributed by atoms with van der Waals surface area (Å²) in [4.78, 5) is 20.9. The van der Waals surface area contributed by atoms with Gasteiger partial charge in [-0.05, 0) is 6.92 Å². The molecule has 1 saturated heterocycles. The number of esters is 1. The van der Waals surface area contributed by atoms with Crippen LogP contribution in [0.1, 0.15) is 12.7 Å². The molecule has 2 rings (SSSR count). The van der Waals surface area contributed by atoms with Crippen molar-refractivity contribution in [1.82, 2.24) is 14.0 Å². The maximum absolute atomic E-state index is 12.7. The predicted octanol–water partition coefficient (Wildman–Crippen LogP) is 1.11. The van der Waals surface area contributed by atoms with E-state index in [1.165, 1.54) is 13.2 Å². The monoisotopic (exact) mass is 419 g/mol. The number of methoxy groups -OCH3 is 1. The van der Waals surface area contributed by atoms with Crippen molar-refractivity contribution in [2.75, 3.05) is 45.2 Å². The van der Waals surface area contributed by atoms with Gasteiger partial charge in [-0.2, -0.15) is 9.36 Å². The molecule has 1 aromatic heterocycles. The van der Waals surface area contributed by atoms with Gasteiger partial charge in [0.25, 0.3) is 0 Å². The molecule has 27 heavy (non-hydrogen) atoms. The molecular formula is C14H22N5O6PS. The summed E-state index contributed by atoms with van der Waals surface area (Å²) >= 11 is 0.942. The number of ether oxygens (including phenoxy) is 3. The van der Waals surface area contributed by atoms with Crippen LogP contribution in [0, 0.1) is 0 Å². The van der Waals surface area contributed by atoms with E-state index in [0.29, 0.717) is 26.4 Å². The van der Waals surface area contributed by atoms with Gasteiger partial charge in [-0.25, -0.2) is 9.46 Å². The standard InChI is InChI=1S/C14H22N5O6PS/c1-4-7-25-16-11(13(20)22-3)12-15-14(27-18-12)17-26(21)19-6-8-23-9-10(19)24-5-2/h4,10,26H,1,5-9H2,2-3H3,(H,15,17,18,21). The van der Waals surface area contributed by atoms with Gasteiger partial charge in [-0.3, -0.25) is 4.57 Å². The normalized spacial score (nSPS) is 19.3. The summed E-state index contributed by atoms with van der Waals surface area (Å²) in [6.45, 7) is 7.20. The van der Waals surface area contributed by atoms with E-state index < -0.39 is 20.3 Å². The van der Waals surface area contributed by atoms with Crippen LogP contribution >= 0.6 is 19.6 Å². The van der Waals surface area contributed by atoms with Gasteiger partial charge in [0, 0.05) is 24.7 Å². The smallest absolute Gasteiger partial charge is 0.364 e. The van der Waals surface area contributed by atoms with Crippen molar-refractivity contribution in [1.29, 1.82) is 0 Å². The molecule has 0 saturated carbocycles. The second-order valence-electron chi connectivity index (χ2n) is 5.05. The Morgan fingerprint density at radius 3 is 3.15 bits per heavy atom. The highest BCUT2D eigenvalue weighted by atomic mass is 32.1. The van der Waals surface area contributed by atoms with E-state index >= 15 is 0 Å². The second-order valence-corrected chi connectivity index (χ2v) is 7.23. The molecule has 1 fully saturated rings. The number of morpholine rings is 1. The number of carbonyl (C=O) groups is 1. The molecule has 0 aliphatic carbocycles. The minimum absolute atomic E-state index is 0.0107. The number of hydrogen-bond donors (Lipinski definition) is 1. The summed E-state index contributed by atoms with van der Waals surface area (Å²) in [6, 6.07) is 0. The number of aromatic nitrogens is 2. The van der Waals surface area contributed by atoms with Crippen LogP contribution in [0.4, 0.5) is 5.13 Å². The maximum Gasteiger partial charge on any atom is 0.364 e. The summed E-state index contributed by atoms with van der Waals surface area (Å²) < 4.78 is 34.0. The third-order valence-electron chi connectivity index (χ3n) is 3.28. The van der Waals surface area contributed by atoms with Crippen LogP contribution in [-0.2, 0) is 28.4 Å². The van der Waals surface area contributed by atoms with Crippen molar-refractivity contribution in [2.45, 2.75) is 13.2 Å². The summed E-state index contributed by atoms with van der Waals surface area (Å²) in [5.41, 5.74) is -0.193. The van der Waals surface area contributed by atoms with E-state index in [1.807, 2.05) is 6.92 Å².